The lowest BCUT2D eigenvalue weighted by Crippen LogP contribution is -2.18. The number of nitrogens with two attached hydrogens (primary N) is 1. The molecule has 0 aliphatic carbocycles. The molecular weight excluding hydrogens is 425 g/mol. The third kappa shape index (κ3) is 5.87. The molecule has 0 bridgehead atoms. The number of rotatable bonds is 7. The van der Waals surface area contributed by atoms with Crippen LogP contribution in [-0.2, 0) is 4.79 Å². The van der Waals surface area contributed by atoms with Gasteiger partial charge in [0.2, 0.25) is 11.9 Å². The fraction of sp³-hybridized carbons (Fsp3) is 0.286. The van der Waals surface area contributed by atoms with Crippen molar-refractivity contribution in [3.63, 3.8) is 0 Å². The number of Topliss-reactive ketones (excluding diaryl/α,β-unsaturated/α-hetero) is 1. The van der Waals surface area contributed by atoms with Gasteiger partial charge >= 0.3 is 0 Å². The summed E-state index contributed by atoms with van der Waals surface area (Å²) in [4.78, 5) is 16.0. The second-order valence-electron chi connectivity index (χ2n) is 8.07. The third-order valence-electron chi connectivity index (χ3n) is 4.07. The van der Waals surface area contributed by atoms with Crippen LogP contribution in [0.5, 0.6) is 5.75 Å². The molecule has 1 aromatic heterocycles. The van der Waals surface area contributed by atoms with E-state index in [2.05, 4.69) is 20.5 Å². The van der Waals surface area contributed by atoms with Gasteiger partial charge in [0.25, 0.3) is 0 Å². The fourth-order valence-electron chi connectivity index (χ4n) is 2.90. The Morgan fingerprint density at radius 3 is 2.33 bits per heavy atom. The maximum atomic E-state index is 12.0. The number of nitrogens with one attached hydrogen (secondary N) is 2. The first-order valence-corrected chi connectivity index (χ1v) is 10.1. The Balaban J connectivity index is 1.70. The zero-order valence-electron chi connectivity index (χ0n) is 16.9. The van der Waals surface area contributed by atoms with E-state index < -0.39 is 0 Å². The van der Waals surface area contributed by atoms with Gasteiger partial charge in [-0.25, -0.2) is 5.10 Å². The highest BCUT2D eigenvalue weighted by Gasteiger charge is 2.16. The molecule has 0 spiro atoms. The van der Waals surface area contributed by atoms with Gasteiger partial charge in [0, 0.05) is 17.7 Å². The standard InChI is InChI=1S/C21H23Cl2N5O2/c1-21(2,3)10-14(29)11-30-15-6-4-12(5-7-15)18-16(22)8-13(9-17(18)23)25-20-26-19(24)27-28-20/h4-9H,10-11H2,1-3H3,(H4,24,25,26,27,28). The Hall–Kier alpha value is -2.77. The van der Waals surface area contributed by atoms with E-state index in [4.69, 9.17) is 33.7 Å². The Bertz CT molecular complexity index is 1020. The molecule has 4 N–H and O–H groups in total. The van der Waals surface area contributed by atoms with Crippen LogP contribution in [0, 0.1) is 5.41 Å². The van der Waals surface area contributed by atoms with Crippen LogP contribution < -0.4 is 15.8 Å². The molecule has 1 heterocycles. The number of aromatic amines is 1. The number of aromatic nitrogens is 3. The highest BCUT2D eigenvalue weighted by molar-refractivity contribution is 6.39. The summed E-state index contributed by atoms with van der Waals surface area (Å²) >= 11 is 12.9. The summed E-state index contributed by atoms with van der Waals surface area (Å²) in [6.45, 7) is 6.11. The number of halogens is 2. The Kier molecular flexibility index (Phi) is 6.53. The van der Waals surface area contributed by atoms with Gasteiger partial charge < -0.3 is 15.8 Å². The third-order valence-corrected chi connectivity index (χ3v) is 4.67. The van der Waals surface area contributed by atoms with Gasteiger partial charge in [-0.3, -0.25) is 4.79 Å². The predicted octanol–water partition coefficient (Wildman–Crippen LogP) is 5.49. The van der Waals surface area contributed by atoms with E-state index in [0.717, 1.165) is 5.56 Å². The molecule has 0 saturated heterocycles. The molecule has 0 aliphatic heterocycles. The van der Waals surface area contributed by atoms with Crippen LogP contribution in [0.4, 0.5) is 17.6 Å². The van der Waals surface area contributed by atoms with Crippen LogP contribution in [0.3, 0.4) is 0 Å². The van der Waals surface area contributed by atoms with E-state index in [-0.39, 0.29) is 23.8 Å². The summed E-state index contributed by atoms with van der Waals surface area (Å²) in [5, 5.41) is 10.4. The number of carbonyl (C=O) groups is 1. The number of nitrogens with zero attached hydrogens (tertiary/aromatic N) is 2. The van der Waals surface area contributed by atoms with Gasteiger partial charge in [-0.1, -0.05) is 56.1 Å². The number of carbonyl (C=O) groups excluding carboxylic acids is 1. The molecule has 0 aliphatic rings. The number of H-pyrrole nitrogens is 1. The van der Waals surface area contributed by atoms with Gasteiger partial charge in [-0.05, 0) is 35.2 Å². The Labute approximate surface area is 184 Å². The second-order valence-corrected chi connectivity index (χ2v) is 8.89. The van der Waals surface area contributed by atoms with E-state index in [1.54, 1.807) is 24.3 Å². The molecule has 7 nitrogen and oxygen atoms in total. The number of anilines is 3. The van der Waals surface area contributed by atoms with E-state index in [9.17, 15) is 4.79 Å². The van der Waals surface area contributed by atoms with Crippen molar-refractivity contribution in [2.75, 3.05) is 17.7 Å². The lowest BCUT2D eigenvalue weighted by Gasteiger charge is -2.17. The molecule has 0 fully saturated rings. The average Bonchev–Trinajstić information content (AvgIpc) is 3.04. The topological polar surface area (TPSA) is 106 Å². The summed E-state index contributed by atoms with van der Waals surface area (Å²) in [6, 6.07) is 10.7. The lowest BCUT2D eigenvalue weighted by molar-refractivity contribution is -0.122. The smallest absolute Gasteiger partial charge is 0.248 e. The molecule has 9 heteroatoms. The SMILES string of the molecule is CC(C)(C)CC(=O)COc1ccc(-c2c(Cl)cc(Nc3n[nH]c(N)n3)cc2Cl)cc1. The minimum Gasteiger partial charge on any atom is -0.486 e. The van der Waals surface area contributed by atoms with Crippen molar-refractivity contribution in [3.8, 4) is 16.9 Å². The van der Waals surface area contributed by atoms with E-state index in [0.29, 0.717) is 39.4 Å². The molecule has 0 unspecified atom stereocenters. The van der Waals surface area contributed by atoms with Crippen LogP contribution in [0.2, 0.25) is 10.0 Å². The van der Waals surface area contributed by atoms with Gasteiger partial charge in [-0.2, -0.15) is 4.98 Å². The molecule has 2 aromatic carbocycles. The molecule has 0 saturated carbocycles. The van der Waals surface area contributed by atoms with Crippen LogP contribution in [0.25, 0.3) is 11.1 Å². The number of ketones is 1. The molecular formula is C21H23Cl2N5O2. The number of hydrogen-bond donors (Lipinski definition) is 3. The van der Waals surface area contributed by atoms with Gasteiger partial charge in [-0.15, -0.1) is 5.10 Å². The van der Waals surface area contributed by atoms with Crippen molar-refractivity contribution in [3.05, 3.63) is 46.4 Å². The zero-order chi connectivity index (χ0) is 21.9. The highest BCUT2D eigenvalue weighted by Crippen LogP contribution is 2.38. The maximum Gasteiger partial charge on any atom is 0.248 e. The molecule has 158 valence electrons. The first-order valence-electron chi connectivity index (χ1n) is 9.29. The van der Waals surface area contributed by atoms with E-state index in [1.165, 1.54) is 0 Å². The van der Waals surface area contributed by atoms with Crippen molar-refractivity contribution in [2.45, 2.75) is 27.2 Å². The van der Waals surface area contributed by atoms with Gasteiger partial charge in [0.05, 0.1) is 10.0 Å². The number of nitrogen functional groups attached to an aromatic ring is 1. The molecule has 0 atom stereocenters. The first kappa shape index (κ1) is 21.9. The average molecular weight is 448 g/mol. The minimum atomic E-state index is -0.0569. The maximum absolute atomic E-state index is 12.0. The number of ether oxygens (including phenoxy) is 1. The summed E-state index contributed by atoms with van der Waals surface area (Å²) in [7, 11) is 0. The Morgan fingerprint density at radius 1 is 1.17 bits per heavy atom. The molecule has 0 amide bonds. The van der Waals surface area contributed by atoms with E-state index >= 15 is 0 Å². The first-order chi connectivity index (χ1) is 14.1. The fourth-order valence-corrected chi connectivity index (χ4v) is 3.61. The van der Waals surface area contributed by atoms with Crippen LogP contribution in [0.1, 0.15) is 27.2 Å². The lowest BCUT2D eigenvalue weighted by atomic mass is 9.90. The minimum absolute atomic E-state index is 0.0459. The van der Waals surface area contributed by atoms with Gasteiger partial charge in [0.1, 0.15) is 12.4 Å². The van der Waals surface area contributed by atoms with Crippen molar-refractivity contribution < 1.29 is 9.53 Å². The number of hydrogen-bond acceptors (Lipinski definition) is 6. The summed E-state index contributed by atoms with van der Waals surface area (Å²) in [6.07, 6.45) is 0.469. The molecule has 3 rings (SSSR count). The molecule has 3 aromatic rings. The van der Waals surface area contributed by atoms with Gasteiger partial charge in [0.15, 0.2) is 5.78 Å². The highest BCUT2D eigenvalue weighted by atomic mass is 35.5. The van der Waals surface area contributed by atoms with Crippen molar-refractivity contribution in [1.29, 1.82) is 0 Å². The predicted molar refractivity (Wildman–Crippen MR) is 121 cm³/mol. The van der Waals surface area contributed by atoms with Crippen LogP contribution >= 0.6 is 23.2 Å². The molecule has 0 radical (unpaired) electrons. The zero-order valence-corrected chi connectivity index (χ0v) is 18.4. The summed E-state index contributed by atoms with van der Waals surface area (Å²) in [5.41, 5.74) is 7.61. The summed E-state index contributed by atoms with van der Waals surface area (Å²) < 4.78 is 5.60. The normalized spacial score (nSPS) is 11.4. The summed E-state index contributed by atoms with van der Waals surface area (Å²) in [5.74, 6) is 1.19. The van der Waals surface area contributed by atoms with Crippen molar-refractivity contribution in [1.82, 2.24) is 15.2 Å². The quantitative estimate of drug-likeness (QED) is 0.442. The van der Waals surface area contributed by atoms with Crippen LogP contribution in [-0.4, -0.2) is 27.6 Å². The van der Waals surface area contributed by atoms with Crippen LogP contribution in [0.15, 0.2) is 36.4 Å². The van der Waals surface area contributed by atoms with Crippen molar-refractivity contribution >= 4 is 46.6 Å². The monoisotopic (exact) mass is 447 g/mol. The molecule has 30 heavy (non-hydrogen) atoms. The Morgan fingerprint density at radius 2 is 1.80 bits per heavy atom. The largest absolute Gasteiger partial charge is 0.486 e. The van der Waals surface area contributed by atoms with E-state index in [1.807, 2.05) is 32.9 Å². The second kappa shape index (κ2) is 8.93. The van der Waals surface area contributed by atoms with Crippen molar-refractivity contribution in [2.24, 2.45) is 5.41 Å². The number of benzene rings is 2.